The molecule has 0 radical (unpaired) electrons. The van der Waals surface area contributed by atoms with E-state index >= 15 is 0 Å². The lowest BCUT2D eigenvalue weighted by atomic mass is 10.3. The summed E-state index contributed by atoms with van der Waals surface area (Å²) in [6.45, 7) is 0. The van der Waals surface area contributed by atoms with Gasteiger partial charge in [-0.3, -0.25) is 0 Å². The van der Waals surface area contributed by atoms with Gasteiger partial charge in [-0.25, -0.2) is 4.79 Å². The molecule has 1 N–H and O–H groups in total. The zero-order chi connectivity index (χ0) is 12.3. The minimum Gasteiger partial charge on any atom is -0.478 e. The largest absolute Gasteiger partial charge is 0.478 e. The summed E-state index contributed by atoms with van der Waals surface area (Å²) in [6, 6.07) is 4.41. The second-order valence-corrected chi connectivity index (χ2v) is 4.77. The third-order valence-electron chi connectivity index (χ3n) is 1.45. The van der Waals surface area contributed by atoms with Crippen molar-refractivity contribution in [3.05, 3.63) is 28.2 Å². The highest BCUT2D eigenvalue weighted by Crippen LogP contribution is 2.31. The van der Waals surface area contributed by atoms with Crippen LogP contribution in [0.2, 0.25) is 10.0 Å². The molecular formula is C8H4Cl4N2O2. The van der Waals surface area contributed by atoms with E-state index in [0.29, 0.717) is 5.02 Å². The standard InChI is InChI=1S/C8H4Cl4N2O2/c9-4-1-2-6(5(10)3-4)13-14-8(11,12)7(15)16/h1-3H,(H,15,16). The van der Waals surface area contributed by atoms with Crippen molar-refractivity contribution in [2.45, 2.75) is 4.46 Å². The predicted molar refractivity (Wildman–Crippen MR) is 63.1 cm³/mol. The summed E-state index contributed by atoms with van der Waals surface area (Å²) < 4.78 is -2.33. The molecule has 0 aliphatic carbocycles. The molecule has 0 fully saturated rings. The van der Waals surface area contributed by atoms with E-state index in [1.807, 2.05) is 0 Å². The van der Waals surface area contributed by atoms with Gasteiger partial charge in [0.05, 0.1) is 5.02 Å². The highest BCUT2D eigenvalue weighted by atomic mass is 35.5. The topological polar surface area (TPSA) is 62.0 Å². The van der Waals surface area contributed by atoms with Crippen LogP contribution in [0.5, 0.6) is 0 Å². The van der Waals surface area contributed by atoms with Gasteiger partial charge in [0.1, 0.15) is 5.69 Å². The molecule has 16 heavy (non-hydrogen) atoms. The van der Waals surface area contributed by atoms with Gasteiger partial charge in [-0.1, -0.05) is 46.4 Å². The van der Waals surface area contributed by atoms with Gasteiger partial charge in [0.25, 0.3) is 0 Å². The number of halogens is 4. The zero-order valence-electron chi connectivity index (χ0n) is 7.49. The number of carboxylic acids is 1. The maximum absolute atomic E-state index is 10.5. The Balaban J connectivity index is 2.97. The van der Waals surface area contributed by atoms with Crippen LogP contribution in [0.1, 0.15) is 0 Å². The first-order valence-corrected chi connectivity index (χ1v) is 5.33. The van der Waals surface area contributed by atoms with Crippen LogP contribution in [0, 0.1) is 0 Å². The van der Waals surface area contributed by atoms with Crippen molar-refractivity contribution < 1.29 is 9.90 Å². The van der Waals surface area contributed by atoms with Crippen molar-refractivity contribution >= 4 is 58.1 Å². The Morgan fingerprint density at radius 3 is 2.44 bits per heavy atom. The molecule has 0 atom stereocenters. The van der Waals surface area contributed by atoms with Crippen LogP contribution in [-0.4, -0.2) is 15.5 Å². The van der Waals surface area contributed by atoms with E-state index in [1.165, 1.54) is 18.2 Å². The van der Waals surface area contributed by atoms with Gasteiger partial charge < -0.3 is 5.11 Å². The van der Waals surface area contributed by atoms with Crippen molar-refractivity contribution in [1.29, 1.82) is 0 Å². The second kappa shape index (κ2) is 5.19. The number of azo groups is 1. The Bertz CT molecular complexity index is 448. The molecule has 1 aromatic carbocycles. The lowest BCUT2D eigenvalue weighted by Gasteiger charge is -2.05. The quantitative estimate of drug-likeness (QED) is 0.514. The first kappa shape index (κ1) is 13.5. The van der Waals surface area contributed by atoms with Gasteiger partial charge in [-0.2, -0.15) is 5.11 Å². The van der Waals surface area contributed by atoms with E-state index in [0.717, 1.165) is 0 Å². The van der Waals surface area contributed by atoms with Gasteiger partial charge in [0.15, 0.2) is 0 Å². The van der Waals surface area contributed by atoms with Crippen molar-refractivity contribution in [2.24, 2.45) is 10.2 Å². The minimum absolute atomic E-state index is 0.214. The minimum atomic E-state index is -2.33. The van der Waals surface area contributed by atoms with Gasteiger partial charge >= 0.3 is 10.4 Å². The fraction of sp³-hybridized carbons (Fsp3) is 0.125. The molecule has 1 aromatic rings. The van der Waals surface area contributed by atoms with Crippen molar-refractivity contribution in [3.63, 3.8) is 0 Å². The Labute approximate surface area is 111 Å². The highest BCUT2D eigenvalue weighted by molar-refractivity contribution is 6.57. The summed E-state index contributed by atoms with van der Waals surface area (Å²) >= 11 is 22.1. The number of alkyl halides is 2. The number of benzene rings is 1. The summed E-state index contributed by atoms with van der Waals surface area (Å²) in [5.41, 5.74) is 0.220. The molecule has 0 unspecified atom stereocenters. The van der Waals surface area contributed by atoms with Crippen molar-refractivity contribution in [2.75, 3.05) is 0 Å². The Morgan fingerprint density at radius 1 is 1.31 bits per heavy atom. The summed E-state index contributed by atoms with van der Waals surface area (Å²) in [4.78, 5) is 10.5. The fourth-order valence-electron chi connectivity index (χ4n) is 0.722. The monoisotopic (exact) mass is 300 g/mol. The molecule has 4 nitrogen and oxygen atoms in total. The van der Waals surface area contributed by atoms with Crippen LogP contribution < -0.4 is 0 Å². The average molecular weight is 302 g/mol. The Hall–Kier alpha value is -0.550. The Kier molecular flexibility index (Phi) is 4.38. The van der Waals surface area contributed by atoms with E-state index in [2.05, 4.69) is 10.2 Å². The van der Waals surface area contributed by atoms with E-state index in [9.17, 15) is 4.79 Å². The molecule has 0 spiro atoms. The maximum Gasteiger partial charge on any atom is 0.365 e. The summed E-state index contributed by atoms with van der Waals surface area (Å²) in [5, 5.41) is 16.0. The molecular weight excluding hydrogens is 298 g/mol. The maximum atomic E-state index is 10.5. The van der Waals surface area contributed by atoms with Gasteiger partial charge in [0.2, 0.25) is 0 Å². The lowest BCUT2D eigenvalue weighted by Crippen LogP contribution is -2.21. The third-order valence-corrected chi connectivity index (χ3v) is 2.46. The van der Waals surface area contributed by atoms with Crippen LogP contribution in [0.25, 0.3) is 0 Å². The summed E-state index contributed by atoms with van der Waals surface area (Å²) in [6.07, 6.45) is 0. The smallest absolute Gasteiger partial charge is 0.365 e. The molecule has 0 aromatic heterocycles. The predicted octanol–water partition coefficient (Wildman–Crippen LogP) is 4.29. The van der Waals surface area contributed by atoms with Crippen LogP contribution in [0.3, 0.4) is 0 Å². The molecule has 0 aliphatic rings. The molecule has 0 bridgehead atoms. The number of carboxylic acid groups (broad SMARTS) is 1. The van der Waals surface area contributed by atoms with E-state index in [1.54, 1.807) is 0 Å². The number of rotatable bonds is 3. The molecule has 1 rings (SSSR count). The van der Waals surface area contributed by atoms with Gasteiger partial charge in [-0.05, 0) is 18.2 Å². The van der Waals surface area contributed by atoms with Crippen LogP contribution in [0.4, 0.5) is 5.69 Å². The molecule has 0 aliphatic heterocycles. The first-order chi connectivity index (χ1) is 7.33. The first-order valence-electron chi connectivity index (χ1n) is 3.82. The average Bonchev–Trinajstić information content (AvgIpc) is 2.16. The van der Waals surface area contributed by atoms with Gasteiger partial charge in [-0.15, -0.1) is 5.11 Å². The molecule has 0 heterocycles. The zero-order valence-corrected chi connectivity index (χ0v) is 10.5. The molecule has 0 saturated carbocycles. The molecule has 0 amide bonds. The summed E-state index contributed by atoms with van der Waals surface area (Å²) in [7, 11) is 0. The fourth-order valence-corrected chi connectivity index (χ4v) is 1.24. The second-order valence-electron chi connectivity index (χ2n) is 2.64. The number of nitrogens with zero attached hydrogens (tertiary/aromatic N) is 2. The third kappa shape index (κ3) is 3.49. The molecule has 86 valence electrons. The normalized spacial score (nSPS) is 12.0. The number of carbonyl (C=O) groups is 1. The Morgan fingerprint density at radius 2 is 1.94 bits per heavy atom. The highest BCUT2D eigenvalue weighted by Gasteiger charge is 2.33. The molecule has 0 saturated heterocycles. The van der Waals surface area contributed by atoms with Crippen molar-refractivity contribution in [3.8, 4) is 0 Å². The van der Waals surface area contributed by atoms with Gasteiger partial charge in [0, 0.05) is 5.02 Å². The number of aliphatic carboxylic acids is 1. The van der Waals surface area contributed by atoms with E-state index in [-0.39, 0.29) is 10.7 Å². The van der Waals surface area contributed by atoms with Crippen LogP contribution in [0.15, 0.2) is 28.4 Å². The SMILES string of the molecule is O=C(O)C(Cl)(Cl)N=Nc1ccc(Cl)cc1Cl. The number of hydrogen-bond donors (Lipinski definition) is 1. The van der Waals surface area contributed by atoms with E-state index < -0.39 is 10.4 Å². The van der Waals surface area contributed by atoms with Crippen LogP contribution >= 0.6 is 46.4 Å². The number of hydrogen-bond acceptors (Lipinski definition) is 3. The molecule has 8 heteroatoms. The lowest BCUT2D eigenvalue weighted by molar-refractivity contribution is -0.137. The summed E-state index contributed by atoms with van der Waals surface area (Å²) in [5.74, 6) is -1.52. The van der Waals surface area contributed by atoms with Crippen LogP contribution in [-0.2, 0) is 4.79 Å². The van der Waals surface area contributed by atoms with Crippen molar-refractivity contribution in [1.82, 2.24) is 0 Å². The van der Waals surface area contributed by atoms with E-state index in [4.69, 9.17) is 51.5 Å².